The second-order valence-corrected chi connectivity index (χ2v) is 5.96. The topological polar surface area (TPSA) is 26.0 Å². The maximum atomic E-state index is 13.8. The van der Waals surface area contributed by atoms with Gasteiger partial charge in [0.05, 0.1) is 0 Å². The first-order valence-corrected chi connectivity index (χ1v) is 6.51. The molecule has 90 valence electrons. The third-order valence-electron chi connectivity index (χ3n) is 2.73. The van der Waals surface area contributed by atoms with Gasteiger partial charge >= 0.3 is 0 Å². The average Bonchev–Trinajstić information content (AvgIpc) is 2.20. The first-order valence-electron chi connectivity index (χ1n) is 5.63. The lowest BCUT2D eigenvalue weighted by Gasteiger charge is -2.16. The highest BCUT2D eigenvalue weighted by Gasteiger charge is 2.12. The molecule has 0 aromatic heterocycles. The molecule has 0 amide bonds. The first kappa shape index (κ1) is 13.5. The second-order valence-electron chi connectivity index (χ2n) is 4.55. The van der Waals surface area contributed by atoms with E-state index in [1.165, 1.54) is 0 Å². The van der Waals surface area contributed by atoms with E-state index in [2.05, 4.69) is 20.8 Å². The van der Waals surface area contributed by atoms with Crippen LogP contribution in [0.2, 0.25) is 0 Å². The molecule has 0 fully saturated rings. The van der Waals surface area contributed by atoms with Crippen LogP contribution in [0.15, 0.2) is 23.1 Å². The van der Waals surface area contributed by atoms with Crippen molar-refractivity contribution in [1.29, 1.82) is 0 Å². The molecule has 0 heterocycles. The summed E-state index contributed by atoms with van der Waals surface area (Å²) in [6, 6.07) is 5.16. The standard InChI is InChI=1S/C13H20FNS/c1-8(2)10(4)16-13-6-5-11(9(3)15)7-12(13)14/h5-10H,15H2,1-4H3/t9-,10?/m1/s1. The van der Waals surface area contributed by atoms with Crippen molar-refractivity contribution >= 4 is 11.8 Å². The van der Waals surface area contributed by atoms with Gasteiger partial charge in [0.2, 0.25) is 0 Å². The Kier molecular flexibility index (Phi) is 4.81. The molecule has 1 aromatic carbocycles. The number of nitrogens with two attached hydrogens (primary N) is 1. The van der Waals surface area contributed by atoms with Crippen molar-refractivity contribution in [2.75, 3.05) is 0 Å². The number of halogens is 1. The normalized spacial score (nSPS) is 15.2. The molecule has 0 aliphatic carbocycles. The molecule has 1 nitrogen and oxygen atoms in total. The van der Waals surface area contributed by atoms with Gasteiger partial charge in [0.1, 0.15) is 5.82 Å². The van der Waals surface area contributed by atoms with Gasteiger partial charge in [-0.15, -0.1) is 11.8 Å². The minimum atomic E-state index is -0.160. The molecule has 1 unspecified atom stereocenters. The predicted octanol–water partition coefficient (Wildman–Crippen LogP) is 3.98. The fourth-order valence-electron chi connectivity index (χ4n) is 1.23. The summed E-state index contributed by atoms with van der Waals surface area (Å²) in [6.07, 6.45) is 0. The lowest BCUT2D eigenvalue weighted by Crippen LogP contribution is -2.07. The number of benzene rings is 1. The molecule has 2 atom stereocenters. The summed E-state index contributed by atoms with van der Waals surface area (Å²) in [7, 11) is 0. The van der Waals surface area contributed by atoms with Crippen LogP contribution in [-0.2, 0) is 0 Å². The Morgan fingerprint density at radius 3 is 2.25 bits per heavy atom. The summed E-state index contributed by atoms with van der Waals surface area (Å²) in [4.78, 5) is 0.714. The van der Waals surface area contributed by atoms with Crippen LogP contribution in [0.1, 0.15) is 39.3 Å². The summed E-state index contributed by atoms with van der Waals surface area (Å²) in [5, 5.41) is 0.413. The van der Waals surface area contributed by atoms with Crippen molar-refractivity contribution in [3.63, 3.8) is 0 Å². The molecule has 0 aliphatic heterocycles. The van der Waals surface area contributed by atoms with E-state index in [9.17, 15) is 4.39 Å². The van der Waals surface area contributed by atoms with Gasteiger partial charge in [0.15, 0.2) is 0 Å². The summed E-state index contributed by atoms with van der Waals surface area (Å²) in [5.41, 5.74) is 6.56. The number of thioether (sulfide) groups is 1. The van der Waals surface area contributed by atoms with Crippen molar-refractivity contribution in [2.45, 2.75) is 43.9 Å². The average molecular weight is 241 g/mol. The SMILES string of the molecule is CC(C)C(C)Sc1ccc([C@@H](C)N)cc1F. The fraction of sp³-hybridized carbons (Fsp3) is 0.538. The van der Waals surface area contributed by atoms with Crippen LogP contribution < -0.4 is 5.73 Å². The van der Waals surface area contributed by atoms with Gasteiger partial charge < -0.3 is 5.73 Å². The molecule has 16 heavy (non-hydrogen) atoms. The molecule has 0 radical (unpaired) electrons. The highest BCUT2D eigenvalue weighted by atomic mass is 32.2. The van der Waals surface area contributed by atoms with E-state index in [4.69, 9.17) is 5.73 Å². The zero-order valence-corrected chi connectivity index (χ0v) is 11.1. The van der Waals surface area contributed by atoms with Crippen LogP contribution in [0.3, 0.4) is 0 Å². The maximum Gasteiger partial charge on any atom is 0.137 e. The van der Waals surface area contributed by atoms with E-state index in [-0.39, 0.29) is 11.9 Å². The van der Waals surface area contributed by atoms with Gasteiger partial charge in [-0.2, -0.15) is 0 Å². The van der Waals surface area contributed by atoms with Gasteiger partial charge in [-0.1, -0.05) is 26.8 Å². The molecule has 1 rings (SSSR count). The highest BCUT2D eigenvalue weighted by molar-refractivity contribution is 8.00. The maximum absolute atomic E-state index is 13.8. The largest absolute Gasteiger partial charge is 0.324 e. The van der Waals surface area contributed by atoms with Crippen LogP contribution in [-0.4, -0.2) is 5.25 Å². The lowest BCUT2D eigenvalue weighted by atomic mass is 10.1. The zero-order valence-electron chi connectivity index (χ0n) is 10.3. The van der Waals surface area contributed by atoms with Crippen LogP contribution >= 0.6 is 11.8 Å². The Labute approximate surface area is 102 Å². The molecule has 2 N–H and O–H groups in total. The summed E-state index contributed by atoms with van der Waals surface area (Å²) in [6.45, 7) is 8.27. The van der Waals surface area contributed by atoms with E-state index in [1.807, 2.05) is 19.1 Å². The van der Waals surface area contributed by atoms with E-state index >= 15 is 0 Å². The molecule has 0 saturated carbocycles. The predicted molar refractivity (Wildman–Crippen MR) is 69.2 cm³/mol. The second kappa shape index (κ2) is 5.69. The Morgan fingerprint density at radius 2 is 1.81 bits per heavy atom. The molecule has 1 aromatic rings. The van der Waals surface area contributed by atoms with Gasteiger partial charge in [0.25, 0.3) is 0 Å². The Bertz CT molecular complexity index is 350. The van der Waals surface area contributed by atoms with E-state index in [0.717, 1.165) is 5.56 Å². The fourth-order valence-corrected chi connectivity index (χ4v) is 2.22. The van der Waals surface area contributed by atoms with E-state index < -0.39 is 0 Å². The number of hydrogen-bond acceptors (Lipinski definition) is 2. The zero-order chi connectivity index (χ0) is 12.3. The van der Waals surface area contributed by atoms with Gasteiger partial charge in [-0.05, 0) is 30.5 Å². The van der Waals surface area contributed by atoms with Crippen LogP contribution in [0.4, 0.5) is 4.39 Å². The van der Waals surface area contributed by atoms with E-state index in [0.29, 0.717) is 16.1 Å². The Morgan fingerprint density at radius 1 is 1.19 bits per heavy atom. The number of hydrogen-bond donors (Lipinski definition) is 1. The summed E-state index contributed by atoms with van der Waals surface area (Å²) >= 11 is 1.58. The van der Waals surface area contributed by atoms with Crippen molar-refractivity contribution in [3.8, 4) is 0 Å². The molecule has 0 aliphatic rings. The quantitative estimate of drug-likeness (QED) is 0.807. The Hall–Kier alpha value is -0.540. The van der Waals surface area contributed by atoms with Crippen LogP contribution in [0.25, 0.3) is 0 Å². The summed E-state index contributed by atoms with van der Waals surface area (Å²) in [5.74, 6) is 0.379. The van der Waals surface area contributed by atoms with Crippen LogP contribution in [0, 0.1) is 11.7 Å². The van der Waals surface area contributed by atoms with Crippen molar-refractivity contribution in [2.24, 2.45) is 11.7 Å². The number of rotatable bonds is 4. The smallest absolute Gasteiger partial charge is 0.137 e. The van der Waals surface area contributed by atoms with Gasteiger partial charge in [0, 0.05) is 16.2 Å². The molecule has 0 bridgehead atoms. The molecular weight excluding hydrogens is 221 g/mol. The third kappa shape index (κ3) is 3.49. The molecule has 3 heteroatoms. The third-order valence-corrected chi connectivity index (χ3v) is 4.23. The molecule has 0 spiro atoms. The van der Waals surface area contributed by atoms with Gasteiger partial charge in [-0.3, -0.25) is 0 Å². The van der Waals surface area contributed by atoms with Crippen LogP contribution in [0.5, 0.6) is 0 Å². The minimum absolute atomic E-state index is 0.115. The molecule has 0 saturated heterocycles. The monoisotopic (exact) mass is 241 g/mol. The van der Waals surface area contributed by atoms with Crippen molar-refractivity contribution in [3.05, 3.63) is 29.6 Å². The summed E-state index contributed by atoms with van der Waals surface area (Å²) < 4.78 is 13.8. The molecular formula is C13H20FNS. The first-order chi connectivity index (χ1) is 7.41. The minimum Gasteiger partial charge on any atom is -0.324 e. The van der Waals surface area contributed by atoms with Gasteiger partial charge in [-0.25, -0.2) is 4.39 Å². The lowest BCUT2D eigenvalue weighted by molar-refractivity contribution is 0.593. The van der Waals surface area contributed by atoms with Crippen molar-refractivity contribution < 1.29 is 4.39 Å². The van der Waals surface area contributed by atoms with E-state index in [1.54, 1.807) is 17.8 Å². The van der Waals surface area contributed by atoms with Crippen molar-refractivity contribution in [1.82, 2.24) is 0 Å². The highest BCUT2D eigenvalue weighted by Crippen LogP contribution is 2.30. The Balaban J connectivity index is 2.83.